The van der Waals surface area contributed by atoms with Crippen LogP contribution in [0.1, 0.15) is 36.3 Å². The van der Waals surface area contributed by atoms with Gasteiger partial charge >= 0.3 is 0 Å². The molecule has 144 valence electrons. The van der Waals surface area contributed by atoms with Crippen LogP contribution < -0.4 is 15.7 Å². The van der Waals surface area contributed by atoms with E-state index in [9.17, 15) is 9.59 Å². The number of aryl methyl sites for hydroxylation is 1. The van der Waals surface area contributed by atoms with E-state index in [-0.39, 0.29) is 11.3 Å². The van der Waals surface area contributed by atoms with Crippen LogP contribution in [0, 0.1) is 0 Å². The van der Waals surface area contributed by atoms with Crippen LogP contribution >= 0.6 is 0 Å². The number of hydrogen-bond acceptors (Lipinski definition) is 5. The van der Waals surface area contributed by atoms with Gasteiger partial charge in [-0.05, 0) is 49.2 Å². The fourth-order valence-corrected chi connectivity index (χ4v) is 2.73. The molecule has 1 N–H and O–H groups in total. The Morgan fingerprint density at radius 1 is 1.14 bits per heavy atom. The Hall–Kier alpha value is -3.48. The minimum absolute atomic E-state index is 0.151. The normalized spacial score (nSPS) is 11.5. The number of carbonyl (C=O) groups excluding carboxylic acids is 1. The number of amides is 1. The van der Waals surface area contributed by atoms with Gasteiger partial charge in [0, 0.05) is 12.4 Å². The third kappa shape index (κ3) is 4.09. The molecule has 3 rings (SSSR count). The molecule has 1 heterocycles. The highest BCUT2D eigenvalue weighted by Gasteiger charge is 2.15. The van der Waals surface area contributed by atoms with Crippen LogP contribution in [0.15, 0.2) is 58.4 Å². The zero-order valence-corrected chi connectivity index (χ0v) is 16.1. The number of nitrogens with one attached hydrogen (secondary N) is 1. The standard InChI is InChI=1S/C21H22N4O3/c1-4-13-28-16-11-9-15(10-12-16)14(2)22-23-20(26)19-17-7-5-6-8-18(17)21(27)25(3)24-19/h5-12H,4,13H2,1-3H3,(H,23,26)/b22-14-. The number of rotatable bonds is 6. The van der Waals surface area contributed by atoms with Crippen molar-refractivity contribution < 1.29 is 9.53 Å². The monoisotopic (exact) mass is 378 g/mol. The molecule has 7 heteroatoms. The lowest BCUT2D eigenvalue weighted by Gasteiger charge is -2.08. The summed E-state index contributed by atoms with van der Waals surface area (Å²) in [6.07, 6.45) is 0.946. The summed E-state index contributed by atoms with van der Waals surface area (Å²) in [5, 5.41) is 9.20. The molecule has 28 heavy (non-hydrogen) atoms. The largest absolute Gasteiger partial charge is 0.494 e. The SMILES string of the molecule is CCCOc1ccc(/C(C)=N\NC(=O)c2nn(C)c(=O)c3ccccc23)cc1. The topological polar surface area (TPSA) is 85.6 Å². The van der Waals surface area contributed by atoms with Crippen LogP contribution in [0.2, 0.25) is 0 Å². The van der Waals surface area contributed by atoms with Gasteiger partial charge in [-0.2, -0.15) is 10.2 Å². The maximum Gasteiger partial charge on any atom is 0.292 e. The fraction of sp³-hybridized carbons (Fsp3) is 0.238. The van der Waals surface area contributed by atoms with Crippen LogP contribution in [-0.4, -0.2) is 28.0 Å². The van der Waals surface area contributed by atoms with Crippen molar-refractivity contribution in [2.24, 2.45) is 12.1 Å². The minimum Gasteiger partial charge on any atom is -0.494 e. The Morgan fingerprint density at radius 2 is 1.82 bits per heavy atom. The average molecular weight is 378 g/mol. The van der Waals surface area contributed by atoms with Gasteiger partial charge < -0.3 is 4.74 Å². The Bertz CT molecular complexity index is 1080. The van der Waals surface area contributed by atoms with Crippen LogP contribution in [0.3, 0.4) is 0 Å². The van der Waals surface area contributed by atoms with Crippen molar-refractivity contribution in [3.05, 3.63) is 70.1 Å². The van der Waals surface area contributed by atoms with Crippen molar-refractivity contribution in [1.82, 2.24) is 15.2 Å². The lowest BCUT2D eigenvalue weighted by Crippen LogP contribution is -2.27. The van der Waals surface area contributed by atoms with Gasteiger partial charge in [0.15, 0.2) is 5.69 Å². The molecule has 0 saturated heterocycles. The van der Waals surface area contributed by atoms with E-state index in [1.165, 1.54) is 7.05 Å². The van der Waals surface area contributed by atoms with E-state index in [0.29, 0.717) is 23.1 Å². The maximum absolute atomic E-state index is 12.6. The van der Waals surface area contributed by atoms with Crippen LogP contribution in [0.4, 0.5) is 0 Å². The first kappa shape index (κ1) is 19.3. The molecule has 0 aliphatic carbocycles. The van der Waals surface area contributed by atoms with E-state index in [1.54, 1.807) is 31.2 Å². The number of carbonyl (C=O) groups is 1. The van der Waals surface area contributed by atoms with E-state index in [4.69, 9.17) is 4.74 Å². The maximum atomic E-state index is 12.6. The summed E-state index contributed by atoms with van der Waals surface area (Å²) < 4.78 is 6.72. The Kier molecular flexibility index (Phi) is 5.84. The van der Waals surface area contributed by atoms with Gasteiger partial charge in [0.25, 0.3) is 11.5 Å². The summed E-state index contributed by atoms with van der Waals surface area (Å²) in [7, 11) is 1.52. The molecule has 0 bridgehead atoms. The summed E-state index contributed by atoms with van der Waals surface area (Å²) in [5.74, 6) is 0.317. The van der Waals surface area contributed by atoms with Gasteiger partial charge in [-0.1, -0.05) is 25.1 Å². The van der Waals surface area contributed by atoms with E-state index < -0.39 is 5.91 Å². The van der Waals surface area contributed by atoms with Gasteiger partial charge in [0.1, 0.15) is 5.75 Å². The van der Waals surface area contributed by atoms with Gasteiger partial charge in [0.05, 0.1) is 17.7 Å². The number of ether oxygens (including phenoxy) is 1. The molecule has 1 amide bonds. The quantitative estimate of drug-likeness (QED) is 0.528. The average Bonchev–Trinajstić information content (AvgIpc) is 2.73. The molecule has 0 saturated carbocycles. The van der Waals surface area contributed by atoms with Gasteiger partial charge in [0.2, 0.25) is 0 Å². The van der Waals surface area contributed by atoms with Crippen molar-refractivity contribution in [3.8, 4) is 5.75 Å². The number of aromatic nitrogens is 2. The Morgan fingerprint density at radius 3 is 2.50 bits per heavy atom. The predicted octanol–water partition coefficient (Wildman–Crippen LogP) is 2.88. The van der Waals surface area contributed by atoms with Crippen LogP contribution in [0.5, 0.6) is 5.75 Å². The highest BCUT2D eigenvalue weighted by molar-refractivity contribution is 6.06. The predicted molar refractivity (Wildman–Crippen MR) is 109 cm³/mol. The number of hydrazone groups is 1. The molecule has 0 radical (unpaired) electrons. The first-order chi connectivity index (χ1) is 13.5. The summed E-state index contributed by atoms with van der Waals surface area (Å²) in [6, 6.07) is 14.4. The summed E-state index contributed by atoms with van der Waals surface area (Å²) in [6.45, 7) is 4.52. The molecule has 0 atom stereocenters. The molecular formula is C21H22N4O3. The lowest BCUT2D eigenvalue weighted by molar-refractivity contribution is 0.0949. The zero-order chi connectivity index (χ0) is 20.1. The molecule has 0 aliphatic rings. The third-order valence-electron chi connectivity index (χ3n) is 4.24. The smallest absolute Gasteiger partial charge is 0.292 e. The summed E-state index contributed by atoms with van der Waals surface area (Å²) in [5.41, 5.74) is 3.93. The third-order valence-corrected chi connectivity index (χ3v) is 4.24. The molecule has 1 aromatic heterocycles. The molecule has 7 nitrogen and oxygen atoms in total. The van der Waals surface area contributed by atoms with E-state index >= 15 is 0 Å². The molecule has 2 aromatic carbocycles. The van der Waals surface area contributed by atoms with E-state index in [1.807, 2.05) is 24.3 Å². The molecular weight excluding hydrogens is 356 g/mol. The first-order valence-electron chi connectivity index (χ1n) is 9.05. The fourth-order valence-electron chi connectivity index (χ4n) is 2.73. The van der Waals surface area contributed by atoms with Crippen molar-refractivity contribution in [1.29, 1.82) is 0 Å². The second-order valence-electron chi connectivity index (χ2n) is 6.33. The van der Waals surface area contributed by atoms with Crippen molar-refractivity contribution in [2.75, 3.05) is 6.61 Å². The summed E-state index contributed by atoms with van der Waals surface area (Å²) in [4.78, 5) is 24.8. The first-order valence-corrected chi connectivity index (χ1v) is 9.05. The number of benzene rings is 2. The number of hydrogen-bond donors (Lipinski definition) is 1. The molecule has 0 spiro atoms. The van der Waals surface area contributed by atoms with E-state index in [0.717, 1.165) is 22.4 Å². The van der Waals surface area contributed by atoms with Crippen molar-refractivity contribution in [3.63, 3.8) is 0 Å². The van der Waals surface area contributed by atoms with Crippen LogP contribution in [-0.2, 0) is 7.05 Å². The second-order valence-corrected chi connectivity index (χ2v) is 6.33. The molecule has 0 fully saturated rings. The molecule has 0 unspecified atom stereocenters. The highest BCUT2D eigenvalue weighted by Crippen LogP contribution is 2.14. The van der Waals surface area contributed by atoms with Gasteiger partial charge in [-0.15, -0.1) is 0 Å². The highest BCUT2D eigenvalue weighted by atomic mass is 16.5. The second kappa shape index (κ2) is 8.47. The van der Waals surface area contributed by atoms with Crippen LogP contribution in [0.25, 0.3) is 10.8 Å². The Labute approximate surface area is 162 Å². The van der Waals surface area contributed by atoms with Crippen molar-refractivity contribution in [2.45, 2.75) is 20.3 Å². The number of nitrogens with zero attached hydrogens (tertiary/aromatic N) is 3. The zero-order valence-electron chi connectivity index (χ0n) is 16.1. The van der Waals surface area contributed by atoms with Gasteiger partial charge in [-0.25, -0.2) is 10.1 Å². The van der Waals surface area contributed by atoms with E-state index in [2.05, 4.69) is 22.5 Å². The minimum atomic E-state index is -0.478. The lowest BCUT2D eigenvalue weighted by atomic mass is 10.1. The summed E-state index contributed by atoms with van der Waals surface area (Å²) >= 11 is 0. The number of fused-ring (bicyclic) bond motifs is 1. The molecule has 0 aliphatic heterocycles. The Balaban J connectivity index is 1.81. The van der Waals surface area contributed by atoms with Gasteiger partial charge in [-0.3, -0.25) is 9.59 Å². The van der Waals surface area contributed by atoms with Crippen molar-refractivity contribution >= 4 is 22.4 Å². The molecule has 3 aromatic rings.